The van der Waals surface area contributed by atoms with Crippen LogP contribution in [0.15, 0.2) is 30.6 Å². The van der Waals surface area contributed by atoms with Crippen molar-refractivity contribution >= 4 is 0 Å². The van der Waals surface area contributed by atoms with E-state index in [0.717, 1.165) is 30.1 Å². The summed E-state index contributed by atoms with van der Waals surface area (Å²) in [6, 6.07) is 7.58. The number of aliphatic hydroxyl groups excluding tert-OH is 1. The standard InChI is InChI=1S/C15H21N3O2/c1-3-8-20-13-7-5-6-12(9-13)14(19)10-15-16-11-17-18(15)4-2/h5-7,9,11,14,19H,3-4,8,10H2,1-2H3. The fourth-order valence-electron chi connectivity index (χ4n) is 2.03. The first-order valence-electron chi connectivity index (χ1n) is 7.02. The van der Waals surface area contributed by atoms with E-state index in [-0.39, 0.29) is 0 Å². The van der Waals surface area contributed by atoms with Gasteiger partial charge in [0.05, 0.1) is 12.7 Å². The lowest BCUT2D eigenvalue weighted by molar-refractivity contribution is 0.173. The topological polar surface area (TPSA) is 60.2 Å². The number of hydrogen-bond acceptors (Lipinski definition) is 4. The van der Waals surface area contributed by atoms with E-state index in [4.69, 9.17) is 4.74 Å². The molecule has 1 atom stereocenters. The molecule has 0 saturated heterocycles. The van der Waals surface area contributed by atoms with Crippen LogP contribution in [-0.4, -0.2) is 26.5 Å². The molecule has 20 heavy (non-hydrogen) atoms. The fourth-order valence-corrected chi connectivity index (χ4v) is 2.03. The fraction of sp³-hybridized carbons (Fsp3) is 0.467. The third-order valence-corrected chi connectivity index (χ3v) is 3.09. The van der Waals surface area contributed by atoms with Crippen LogP contribution in [0.3, 0.4) is 0 Å². The molecule has 1 N–H and O–H groups in total. The van der Waals surface area contributed by atoms with E-state index < -0.39 is 6.10 Å². The van der Waals surface area contributed by atoms with Gasteiger partial charge in [0.15, 0.2) is 0 Å². The molecule has 2 rings (SSSR count). The van der Waals surface area contributed by atoms with Crippen molar-refractivity contribution in [3.8, 4) is 5.75 Å². The van der Waals surface area contributed by atoms with Gasteiger partial charge < -0.3 is 9.84 Å². The normalized spacial score (nSPS) is 12.3. The number of nitrogens with zero attached hydrogens (tertiary/aromatic N) is 3. The zero-order valence-electron chi connectivity index (χ0n) is 12.0. The van der Waals surface area contributed by atoms with Crippen molar-refractivity contribution < 1.29 is 9.84 Å². The highest BCUT2D eigenvalue weighted by atomic mass is 16.5. The SMILES string of the molecule is CCCOc1cccc(C(O)Cc2ncnn2CC)c1. The molecule has 5 heteroatoms. The average Bonchev–Trinajstić information content (AvgIpc) is 2.92. The van der Waals surface area contributed by atoms with E-state index in [9.17, 15) is 5.11 Å². The van der Waals surface area contributed by atoms with Crippen LogP contribution in [0.2, 0.25) is 0 Å². The van der Waals surface area contributed by atoms with E-state index in [1.54, 1.807) is 4.68 Å². The highest BCUT2D eigenvalue weighted by Crippen LogP contribution is 2.22. The van der Waals surface area contributed by atoms with E-state index in [1.165, 1.54) is 6.33 Å². The smallest absolute Gasteiger partial charge is 0.138 e. The number of ether oxygens (including phenoxy) is 1. The van der Waals surface area contributed by atoms with Gasteiger partial charge in [0.2, 0.25) is 0 Å². The van der Waals surface area contributed by atoms with Gasteiger partial charge in [-0.1, -0.05) is 19.1 Å². The first-order valence-corrected chi connectivity index (χ1v) is 7.02. The molecule has 0 amide bonds. The molecular weight excluding hydrogens is 254 g/mol. The molecule has 0 saturated carbocycles. The van der Waals surface area contributed by atoms with Gasteiger partial charge >= 0.3 is 0 Å². The minimum Gasteiger partial charge on any atom is -0.494 e. The zero-order chi connectivity index (χ0) is 14.4. The van der Waals surface area contributed by atoms with Crippen LogP contribution in [0.25, 0.3) is 0 Å². The molecule has 0 aliphatic rings. The van der Waals surface area contributed by atoms with Crippen molar-refractivity contribution in [2.75, 3.05) is 6.61 Å². The van der Waals surface area contributed by atoms with Crippen LogP contribution in [0.1, 0.15) is 37.8 Å². The van der Waals surface area contributed by atoms with Crippen molar-refractivity contribution in [2.24, 2.45) is 0 Å². The van der Waals surface area contributed by atoms with Gasteiger partial charge in [0.25, 0.3) is 0 Å². The molecule has 5 nitrogen and oxygen atoms in total. The summed E-state index contributed by atoms with van der Waals surface area (Å²) in [4.78, 5) is 4.19. The molecule has 0 fully saturated rings. The van der Waals surface area contributed by atoms with Gasteiger partial charge in [0.1, 0.15) is 17.9 Å². The summed E-state index contributed by atoms with van der Waals surface area (Å²) in [5.74, 6) is 1.58. The molecule has 2 aromatic rings. The Bertz CT molecular complexity index is 539. The summed E-state index contributed by atoms with van der Waals surface area (Å²) in [7, 11) is 0. The van der Waals surface area contributed by atoms with Gasteiger partial charge in [-0.2, -0.15) is 5.10 Å². The van der Waals surface area contributed by atoms with Gasteiger partial charge in [-0.05, 0) is 31.0 Å². The summed E-state index contributed by atoms with van der Waals surface area (Å²) in [6.45, 7) is 5.51. The Kier molecular flexibility index (Phi) is 5.12. The Morgan fingerprint density at radius 1 is 1.35 bits per heavy atom. The Morgan fingerprint density at radius 2 is 2.20 bits per heavy atom. The second-order valence-electron chi connectivity index (χ2n) is 4.63. The molecule has 0 aliphatic heterocycles. The summed E-state index contributed by atoms with van der Waals surface area (Å²) in [5.41, 5.74) is 0.837. The maximum atomic E-state index is 10.3. The molecule has 0 aliphatic carbocycles. The minimum atomic E-state index is -0.602. The number of benzene rings is 1. The Balaban J connectivity index is 2.06. The maximum absolute atomic E-state index is 10.3. The van der Waals surface area contributed by atoms with E-state index in [0.29, 0.717) is 13.0 Å². The van der Waals surface area contributed by atoms with E-state index >= 15 is 0 Å². The van der Waals surface area contributed by atoms with Gasteiger partial charge in [-0.3, -0.25) is 4.68 Å². The number of hydrogen-bond donors (Lipinski definition) is 1. The summed E-state index contributed by atoms with van der Waals surface area (Å²) >= 11 is 0. The van der Waals surface area contributed by atoms with Crippen LogP contribution < -0.4 is 4.74 Å². The van der Waals surface area contributed by atoms with Crippen molar-refractivity contribution in [1.82, 2.24) is 14.8 Å². The van der Waals surface area contributed by atoms with Crippen LogP contribution in [0, 0.1) is 0 Å². The van der Waals surface area contributed by atoms with Gasteiger partial charge in [-0.25, -0.2) is 4.98 Å². The first kappa shape index (κ1) is 14.5. The summed E-state index contributed by atoms with van der Waals surface area (Å²) in [6.07, 6.45) is 2.33. The number of aryl methyl sites for hydroxylation is 1. The van der Waals surface area contributed by atoms with Crippen LogP contribution >= 0.6 is 0 Å². The second kappa shape index (κ2) is 7.05. The van der Waals surface area contributed by atoms with Crippen molar-refractivity contribution in [3.63, 3.8) is 0 Å². The highest BCUT2D eigenvalue weighted by Gasteiger charge is 2.13. The number of aromatic nitrogens is 3. The zero-order valence-corrected chi connectivity index (χ0v) is 12.0. The number of rotatable bonds is 7. The summed E-state index contributed by atoms with van der Waals surface area (Å²) in [5, 5.41) is 14.4. The first-order chi connectivity index (χ1) is 9.74. The monoisotopic (exact) mass is 275 g/mol. The van der Waals surface area contributed by atoms with E-state index in [2.05, 4.69) is 17.0 Å². The Morgan fingerprint density at radius 3 is 2.95 bits per heavy atom. The van der Waals surface area contributed by atoms with Crippen LogP contribution in [0.5, 0.6) is 5.75 Å². The third-order valence-electron chi connectivity index (χ3n) is 3.09. The predicted molar refractivity (Wildman–Crippen MR) is 76.6 cm³/mol. The Hall–Kier alpha value is -1.88. The number of aliphatic hydroxyl groups is 1. The molecule has 1 aromatic carbocycles. The molecule has 1 heterocycles. The van der Waals surface area contributed by atoms with Crippen molar-refractivity contribution in [1.29, 1.82) is 0 Å². The highest BCUT2D eigenvalue weighted by molar-refractivity contribution is 5.30. The lowest BCUT2D eigenvalue weighted by Crippen LogP contribution is -2.09. The molecule has 1 aromatic heterocycles. The van der Waals surface area contributed by atoms with Crippen LogP contribution in [0.4, 0.5) is 0 Å². The van der Waals surface area contributed by atoms with Crippen molar-refractivity contribution in [2.45, 2.75) is 39.3 Å². The lowest BCUT2D eigenvalue weighted by atomic mass is 10.1. The molecule has 1 unspecified atom stereocenters. The molecule has 0 spiro atoms. The second-order valence-corrected chi connectivity index (χ2v) is 4.63. The van der Waals surface area contributed by atoms with E-state index in [1.807, 2.05) is 31.2 Å². The molecule has 0 bridgehead atoms. The predicted octanol–water partition coefficient (Wildman–Crippen LogP) is 2.36. The molecular formula is C15H21N3O2. The molecule has 0 radical (unpaired) electrons. The van der Waals surface area contributed by atoms with Gasteiger partial charge in [0, 0.05) is 13.0 Å². The summed E-state index contributed by atoms with van der Waals surface area (Å²) < 4.78 is 7.37. The maximum Gasteiger partial charge on any atom is 0.138 e. The average molecular weight is 275 g/mol. The van der Waals surface area contributed by atoms with Gasteiger partial charge in [-0.15, -0.1) is 0 Å². The Labute approximate surface area is 119 Å². The largest absolute Gasteiger partial charge is 0.494 e. The lowest BCUT2D eigenvalue weighted by Gasteiger charge is -2.13. The minimum absolute atomic E-state index is 0.449. The van der Waals surface area contributed by atoms with Crippen molar-refractivity contribution in [3.05, 3.63) is 42.0 Å². The third kappa shape index (κ3) is 3.57. The van der Waals surface area contributed by atoms with Crippen LogP contribution in [-0.2, 0) is 13.0 Å². The molecule has 108 valence electrons. The quantitative estimate of drug-likeness (QED) is 0.842.